The molecule has 0 aromatic heterocycles. The van der Waals surface area contributed by atoms with Crippen LogP contribution < -0.4 is 4.74 Å². The van der Waals surface area contributed by atoms with E-state index in [4.69, 9.17) is 16.3 Å². The van der Waals surface area contributed by atoms with Gasteiger partial charge in [0.1, 0.15) is 11.9 Å². The Morgan fingerprint density at radius 2 is 1.86 bits per heavy atom. The quantitative estimate of drug-likeness (QED) is 0.684. The number of aliphatic hydroxyl groups is 1. The Hall–Kier alpha value is -0.550. The molecule has 2 rings (SSSR count). The minimum atomic E-state index is -0.860. The molecule has 0 saturated carbocycles. The van der Waals surface area contributed by atoms with E-state index >= 15 is 0 Å². The molecule has 1 N–H and O–H groups in total. The van der Waals surface area contributed by atoms with Crippen molar-refractivity contribution in [3.63, 3.8) is 0 Å². The molecule has 0 fully saturated rings. The summed E-state index contributed by atoms with van der Waals surface area (Å²) < 4.78 is 7.29. The smallest absolute Gasteiger partial charge is 0.128 e. The Morgan fingerprint density at radius 1 is 1.19 bits per heavy atom. The average molecular weight is 435 g/mol. The van der Waals surface area contributed by atoms with E-state index in [1.807, 2.05) is 32.0 Å². The van der Waals surface area contributed by atoms with Gasteiger partial charge in [-0.05, 0) is 49.2 Å². The largest absolute Gasteiger partial charge is 0.496 e. The van der Waals surface area contributed by atoms with E-state index in [1.54, 1.807) is 13.2 Å². The van der Waals surface area contributed by atoms with Crippen LogP contribution in [0.5, 0.6) is 5.75 Å². The van der Waals surface area contributed by atoms with E-state index < -0.39 is 6.10 Å². The van der Waals surface area contributed by atoms with E-state index in [2.05, 4.69) is 31.9 Å². The zero-order valence-electron chi connectivity index (χ0n) is 11.9. The van der Waals surface area contributed by atoms with Crippen molar-refractivity contribution in [1.29, 1.82) is 0 Å². The van der Waals surface area contributed by atoms with Crippen LogP contribution in [0.15, 0.2) is 33.2 Å². The van der Waals surface area contributed by atoms with Crippen molar-refractivity contribution in [3.8, 4) is 5.75 Å². The molecule has 0 bridgehead atoms. The van der Waals surface area contributed by atoms with Gasteiger partial charge in [-0.1, -0.05) is 43.5 Å². The molecule has 0 radical (unpaired) electrons. The Morgan fingerprint density at radius 3 is 2.48 bits per heavy atom. The zero-order valence-corrected chi connectivity index (χ0v) is 15.8. The Labute approximate surface area is 146 Å². The number of halogens is 3. The SMILES string of the molecule is COc1c(C)cc(Br)c(C)c1C(O)c1cc(Br)ccc1Cl. The molecule has 1 unspecified atom stereocenters. The third kappa shape index (κ3) is 3.29. The van der Waals surface area contributed by atoms with Crippen LogP contribution in [0.25, 0.3) is 0 Å². The zero-order chi connectivity index (χ0) is 15.7. The summed E-state index contributed by atoms with van der Waals surface area (Å²) in [6.07, 6.45) is -0.860. The van der Waals surface area contributed by atoms with Gasteiger partial charge >= 0.3 is 0 Å². The first-order valence-corrected chi connectivity index (χ1v) is 8.29. The lowest BCUT2D eigenvalue weighted by Crippen LogP contribution is -2.07. The fourth-order valence-corrected chi connectivity index (χ4v) is 3.51. The summed E-state index contributed by atoms with van der Waals surface area (Å²) in [5.74, 6) is 0.680. The third-order valence-electron chi connectivity index (χ3n) is 3.44. The van der Waals surface area contributed by atoms with Crippen molar-refractivity contribution >= 4 is 43.5 Å². The number of rotatable bonds is 3. The highest BCUT2D eigenvalue weighted by molar-refractivity contribution is 9.10. The minimum Gasteiger partial charge on any atom is -0.496 e. The van der Waals surface area contributed by atoms with Crippen molar-refractivity contribution in [2.45, 2.75) is 20.0 Å². The summed E-state index contributed by atoms with van der Waals surface area (Å²) in [7, 11) is 1.61. The maximum absolute atomic E-state index is 10.8. The molecule has 21 heavy (non-hydrogen) atoms. The molecule has 5 heteroatoms. The highest BCUT2D eigenvalue weighted by atomic mass is 79.9. The van der Waals surface area contributed by atoms with Crippen molar-refractivity contribution in [1.82, 2.24) is 0 Å². The predicted molar refractivity (Wildman–Crippen MR) is 93.4 cm³/mol. The fraction of sp³-hybridized carbons (Fsp3) is 0.250. The molecule has 1 atom stereocenters. The number of aryl methyl sites for hydroxylation is 1. The van der Waals surface area contributed by atoms with Crippen molar-refractivity contribution < 1.29 is 9.84 Å². The number of methoxy groups -OCH3 is 1. The normalized spacial score (nSPS) is 12.3. The third-order valence-corrected chi connectivity index (χ3v) is 5.10. The summed E-state index contributed by atoms with van der Waals surface area (Å²) in [6.45, 7) is 3.89. The van der Waals surface area contributed by atoms with Crippen LogP contribution in [-0.4, -0.2) is 12.2 Å². The lowest BCUT2D eigenvalue weighted by Gasteiger charge is -2.21. The molecule has 2 aromatic rings. The summed E-state index contributed by atoms with van der Waals surface area (Å²) in [4.78, 5) is 0. The van der Waals surface area contributed by atoms with Gasteiger partial charge in [0.15, 0.2) is 0 Å². The van der Waals surface area contributed by atoms with Crippen molar-refractivity contribution in [2.24, 2.45) is 0 Å². The van der Waals surface area contributed by atoms with Crippen LogP contribution in [-0.2, 0) is 0 Å². The van der Waals surface area contributed by atoms with Gasteiger partial charge in [-0.25, -0.2) is 0 Å². The maximum atomic E-state index is 10.8. The van der Waals surface area contributed by atoms with Crippen LogP contribution in [0.2, 0.25) is 5.02 Å². The van der Waals surface area contributed by atoms with Gasteiger partial charge in [-0.15, -0.1) is 0 Å². The molecule has 0 saturated heterocycles. The predicted octanol–water partition coefficient (Wildman–Crippen LogP) is 5.57. The first kappa shape index (κ1) is 16.8. The summed E-state index contributed by atoms with van der Waals surface area (Å²) in [5.41, 5.74) is 3.26. The lowest BCUT2D eigenvalue weighted by molar-refractivity contribution is 0.213. The van der Waals surface area contributed by atoms with Crippen LogP contribution >= 0.6 is 43.5 Å². The number of hydrogen-bond acceptors (Lipinski definition) is 2. The van der Waals surface area contributed by atoms with Gasteiger partial charge in [0.25, 0.3) is 0 Å². The number of ether oxygens (including phenoxy) is 1. The molecule has 2 nitrogen and oxygen atoms in total. The second-order valence-corrected chi connectivity index (χ2v) is 6.99. The van der Waals surface area contributed by atoms with E-state index in [0.29, 0.717) is 16.3 Å². The molecule has 2 aromatic carbocycles. The average Bonchev–Trinajstić information content (AvgIpc) is 2.44. The van der Waals surface area contributed by atoms with Crippen LogP contribution in [0, 0.1) is 13.8 Å². The van der Waals surface area contributed by atoms with E-state index in [1.165, 1.54) is 0 Å². The number of benzene rings is 2. The summed E-state index contributed by atoms with van der Waals surface area (Å²) in [6, 6.07) is 7.40. The second-order valence-electron chi connectivity index (χ2n) is 4.82. The monoisotopic (exact) mass is 432 g/mol. The van der Waals surface area contributed by atoms with Gasteiger partial charge < -0.3 is 9.84 Å². The summed E-state index contributed by atoms with van der Waals surface area (Å²) in [5, 5.41) is 11.4. The Kier molecular flexibility index (Phi) is 5.36. The maximum Gasteiger partial charge on any atom is 0.128 e. The van der Waals surface area contributed by atoms with Gasteiger partial charge in [0, 0.05) is 25.1 Å². The summed E-state index contributed by atoms with van der Waals surface area (Å²) >= 11 is 13.2. The highest BCUT2D eigenvalue weighted by Gasteiger charge is 2.23. The lowest BCUT2D eigenvalue weighted by atomic mass is 9.94. The van der Waals surface area contributed by atoms with Gasteiger partial charge in [0.05, 0.1) is 7.11 Å². The van der Waals surface area contributed by atoms with Crippen LogP contribution in [0.1, 0.15) is 28.4 Å². The van der Waals surface area contributed by atoms with Crippen molar-refractivity contribution in [3.05, 3.63) is 60.5 Å². The van der Waals surface area contributed by atoms with Gasteiger partial charge in [-0.3, -0.25) is 0 Å². The molecule has 0 aliphatic carbocycles. The Balaban J connectivity index is 2.68. The van der Waals surface area contributed by atoms with Gasteiger partial charge in [0.2, 0.25) is 0 Å². The van der Waals surface area contributed by atoms with E-state index in [0.717, 1.165) is 25.6 Å². The van der Waals surface area contributed by atoms with E-state index in [-0.39, 0.29) is 0 Å². The molecule has 0 aliphatic heterocycles. The number of aliphatic hydroxyl groups excluding tert-OH is 1. The van der Waals surface area contributed by atoms with E-state index in [9.17, 15) is 5.11 Å². The molecule has 0 aliphatic rings. The first-order valence-electron chi connectivity index (χ1n) is 6.33. The fourth-order valence-electron chi connectivity index (χ4n) is 2.36. The molecule has 0 spiro atoms. The van der Waals surface area contributed by atoms with Crippen LogP contribution in [0.4, 0.5) is 0 Å². The molecular formula is C16H15Br2ClO2. The highest BCUT2D eigenvalue weighted by Crippen LogP contribution is 2.40. The molecular weight excluding hydrogens is 419 g/mol. The number of hydrogen-bond donors (Lipinski definition) is 1. The Bertz CT molecular complexity index is 686. The first-order chi connectivity index (χ1) is 9.86. The molecule has 112 valence electrons. The topological polar surface area (TPSA) is 29.5 Å². The molecule has 0 heterocycles. The minimum absolute atomic E-state index is 0.518. The van der Waals surface area contributed by atoms with Gasteiger partial charge in [-0.2, -0.15) is 0 Å². The van der Waals surface area contributed by atoms with Crippen LogP contribution in [0.3, 0.4) is 0 Å². The second kappa shape index (κ2) is 6.69. The van der Waals surface area contributed by atoms with Crippen molar-refractivity contribution in [2.75, 3.05) is 7.11 Å². The standard InChI is InChI=1S/C16H15Br2ClO2/c1-8-6-12(18)9(2)14(16(8)21-3)15(20)11-7-10(17)4-5-13(11)19/h4-7,15,20H,1-3H3. The molecule has 0 amide bonds.